The summed E-state index contributed by atoms with van der Waals surface area (Å²) < 4.78 is 18.3. The van der Waals surface area contributed by atoms with Gasteiger partial charge in [0.2, 0.25) is 0 Å². The van der Waals surface area contributed by atoms with Crippen molar-refractivity contribution in [3.05, 3.63) is 29.6 Å². The highest BCUT2D eigenvalue weighted by molar-refractivity contribution is 7.26. The van der Waals surface area contributed by atoms with Gasteiger partial charge in [-0.3, -0.25) is 0 Å². The maximum atomic E-state index is 13.0. The lowest BCUT2D eigenvalue weighted by molar-refractivity contribution is 0.617. The second-order valence-electron chi connectivity index (χ2n) is 2.73. The Hall–Kier alpha value is -0.880. The van der Waals surface area contributed by atoms with Crippen LogP contribution < -0.4 is 5.50 Å². The number of rotatable bonds is 0. The SMILES string of the molecule is Cc1c(F)ccc2oc(P)cc12. The van der Waals surface area contributed by atoms with E-state index < -0.39 is 0 Å². The van der Waals surface area contributed by atoms with E-state index >= 15 is 0 Å². The van der Waals surface area contributed by atoms with E-state index in [0.717, 1.165) is 16.5 Å². The molecule has 0 N–H and O–H groups in total. The average Bonchev–Trinajstić information content (AvgIpc) is 2.39. The summed E-state index contributed by atoms with van der Waals surface area (Å²) in [4.78, 5) is 0. The summed E-state index contributed by atoms with van der Waals surface area (Å²) in [5.74, 6) is -0.187. The van der Waals surface area contributed by atoms with Crippen molar-refractivity contribution >= 4 is 25.7 Å². The second-order valence-corrected chi connectivity index (χ2v) is 3.30. The average molecular weight is 182 g/mol. The predicted octanol–water partition coefficient (Wildman–Crippen LogP) is 2.38. The Balaban J connectivity index is 2.89. The molecule has 1 atom stereocenters. The molecule has 1 aromatic heterocycles. The Labute approximate surface area is 71.8 Å². The summed E-state index contributed by atoms with van der Waals surface area (Å²) in [7, 11) is 2.45. The van der Waals surface area contributed by atoms with Crippen LogP contribution in [0.15, 0.2) is 22.6 Å². The zero-order valence-electron chi connectivity index (χ0n) is 6.60. The van der Waals surface area contributed by atoms with Gasteiger partial charge in [-0.1, -0.05) is 9.24 Å². The summed E-state index contributed by atoms with van der Waals surface area (Å²) in [5, 5.41) is 0.847. The molecule has 0 fully saturated rings. The lowest BCUT2D eigenvalue weighted by Gasteiger charge is -1.94. The minimum Gasteiger partial charge on any atom is -0.457 e. The number of benzene rings is 1. The Kier molecular flexibility index (Phi) is 1.66. The largest absolute Gasteiger partial charge is 0.457 e. The Morgan fingerprint density at radius 3 is 2.92 bits per heavy atom. The standard InChI is InChI=1S/C9H8FOP/c1-5-6-4-9(12)11-8(6)3-2-7(5)10/h2-4H,12H2,1H3. The molecule has 0 bridgehead atoms. The first-order valence-electron chi connectivity index (χ1n) is 3.62. The monoisotopic (exact) mass is 182 g/mol. The molecule has 0 saturated heterocycles. The Morgan fingerprint density at radius 1 is 1.42 bits per heavy atom. The van der Waals surface area contributed by atoms with Crippen LogP contribution in [0.5, 0.6) is 0 Å². The van der Waals surface area contributed by atoms with E-state index in [-0.39, 0.29) is 5.82 Å². The first-order chi connectivity index (χ1) is 5.68. The van der Waals surface area contributed by atoms with Crippen LogP contribution in [-0.2, 0) is 0 Å². The van der Waals surface area contributed by atoms with Gasteiger partial charge < -0.3 is 4.42 Å². The van der Waals surface area contributed by atoms with Crippen LogP contribution in [0, 0.1) is 12.7 Å². The van der Waals surface area contributed by atoms with Crippen molar-refractivity contribution in [3.8, 4) is 0 Å². The van der Waals surface area contributed by atoms with Gasteiger partial charge >= 0.3 is 0 Å². The van der Waals surface area contributed by atoms with Gasteiger partial charge in [-0.25, -0.2) is 4.39 Å². The molecule has 62 valence electrons. The molecule has 1 nitrogen and oxygen atoms in total. The van der Waals surface area contributed by atoms with Gasteiger partial charge in [-0.15, -0.1) is 0 Å². The molecule has 12 heavy (non-hydrogen) atoms. The third kappa shape index (κ3) is 1.03. The minimum absolute atomic E-state index is 0.187. The quantitative estimate of drug-likeness (QED) is 0.570. The van der Waals surface area contributed by atoms with Gasteiger partial charge in [0.15, 0.2) is 0 Å². The molecule has 1 heterocycles. The van der Waals surface area contributed by atoms with Crippen molar-refractivity contribution < 1.29 is 8.81 Å². The molecule has 2 rings (SSSR count). The van der Waals surface area contributed by atoms with Crippen LogP contribution in [0.25, 0.3) is 11.0 Å². The van der Waals surface area contributed by atoms with E-state index in [9.17, 15) is 4.39 Å². The zero-order valence-corrected chi connectivity index (χ0v) is 7.75. The van der Waals surface area contributed by atoms with Crippen LogP contribution in [0.1, 0.15) is 5.56 Å². The molecule has 2 aromatic rings. The van der Waals surface area contributed by atoms with Crippen LogP contribution in [0.4, 0.5) is 4.39 Å². The normalized spacial score (nSPS) is 10.9. The highest BCUT2D eigenvalue weighted by atomic mass is 31.0. The fraction of sp³-hybridized carbons (Fsp3) is 0.111. The van der Waals surface area contributed by atoms with E-state index in [4.69, 9.17) is 4.42 Å². The Bertz CT molecular complexity index is 433. The third-order valence-electron chi connectivity index (χ3n) is 1.92. The lowest BCUT2D eigenvalue weighted by atomic mass is 10.1. The van der Waals surface area contributed by atoms with Crippen molar-refractivity contribution in [2.75, 3.05) is 0 Å². The number of furan rings is 1. The molecule has 0 aliphatic carbocycles. The van der Waals surface area contributed by atoms with Gasteiger partial charge in [-0.2, -0.15) is 0 Å². The zero-order chi connectivity index (χ0) is 8.72. The minimum atomic E-state index is -0.187. The van der Waals surface area contributed by atoms with Gasteiger partial charge in [0.25, 0.3) is 0 Å². The van der Waals surface area contributed by atoms with E-state index in [1.54, 1.807) is 13.0 Å². The summed E-state index contributed by atoms with van der Waals surface area (Å²) in [6.45, 7) is 1.75. The lowest BCUT2D eigenvalue weighted by Crippen LogP contribution is -1.80. The van der Waals surface area contributed by atoms with Gasteiger partial charge in [0.05, 0.1) is 0 Å². The number of hydrogen-bond acceptors (Lipinski definition) is 1. The summed E-state index contributed by atoms with van der Waals surface area (Å²) in [6.07, 6.45) is 0. The first-order valence-corrected chi connectivity index (χ1v) is 4.20. The predicted molar refractivity (Wildman–Crippen MR) is 50.3 cm³/mol. The molecule has 1 aromatic carbocycles. The number of fused-ring (bicyclic) bond motifs is 1. The molecule has 0 amide bonds. The van der Waals surface area contributed by atoms with Crippen molar-refractivity contribution in [1.29, 1.82) is 0 Å². The maximum Gasteiger partial charge on any atom is 0.135 e. The maximum absolute atomic E-state index is 13.0. The van der Waals surface area contributed by atoms with Crippen molar-refractivity contribution in [3.63, 3.8) is 0 Å². The highest BCUT2D eigenvalue weighted by Crippen LogP contribution is 2.21. The summed E-state index contributed by atoms with van der Waals surface area (Å²) in [6, 6.07) is 4.88. The summed E-state index contributed by atoms with van der Waals surface area (Å²) >= 11 is 0. The van der Waals surface area contributed by atoms with E-state index in [1.807, 2.05) is 6.07 Å². The van der Waals surface area contributed by atoms with Gasteiger partial charge in [0.1, 0.15) is 16.9 Å². The van der Waals surface area contributed by atoms with Crippen LogP contribution in [0.3, 0.4) is 0 Å². The molecular formula is C9H8FOP. The van der Waals surface area contributed by atoms with Gasteiger partial charge in [0, 0.05) is 5.39 Å². The molecule has 0 saturated carbocycles. The van der Waals surface area contributed by atoms with Crippen molar-refractivity contribution in [2.24, 2.45) is 0 Å². The molecule has 1 unspecified atom stereocenters. The van der Waals surface area contributed by atoms with Crippen LogP contribution in [-0.4, -0.2) is 0 Å². The number of halogens is 1. The molecule has 3 heteroatoms. The smallest absolute Gasteiger partial charge is 0.135 e. The van der Waals surface area contributed by atoms with Gasteiger partial charge in [-0.05, 0) is 30.7 Å². The van der Waals surface area contributed by atoms with E-state index in [1.165, 1.54) is 6.07 Å². The van der Waals surface area contributed by atoms with Crippen molar-refractivity contribution in [1.82, 2.24) is 0 Å². The van der Waals surface area contributed by atoms with E-state index in [2.05, 4.69) is 9.24 Å². The third-order valence-corrected chi connectivity index (χ3v) is 2.21. The second kappa shape index (κ2) is 2.56. The Morgan fingerprint density at radius 2 is 2.17 bits per heavy atom. The molecule has 0 spiro atoms. The topological polar surface area (TPSA) is 13.1 Å². The van der Waals surface area contributed by atoms with Crippen molar-refractivity contribution in [2.45, 2.75) is 6.92 Å². The fourth-order valence-corrected chi connectivity index (χ4v) is 1.54. The number of aryl methyl sites for hydroxylation is 1. The summed E-state index contributed by atoms with van der Waals surface area (Å²) in [5.41, 5.74) is 2.11. The first kappa shape index (κ1) is 7.75. The fourth-order valence-electron chi connectivity index (χ4n) is 1.24. The molecule has 0 aliphatic rings. The van der Waals surface area contributed by atoms with Crippen LogP contribution in [0.2, 0.25) is 0 Å². The highest BCUT2D eigenvalue weighted by Gasteiger charge is 2.06. The van der Waals surface area contributed by atoms with Crippen LogP contribution >= 0.6 is 9.24 Å². The molecule has 0 aliphatic heterocycles. The number of hydrogen-bond donors (Lipinski definition) is 0. The molecule has 0 radical (unpaired) electrons. The van der Waals surface area contributed by atoms with E-state index in [0.29, 0.717) is 5.56 Å². The molecular weight excluding hydrogens is 174 g/mol.